The fourth-order valence-electron chi connectivity index (χ4n) is 4.60. The Morgan fingerprint density at radius 2 is 1.69 bits per heavy atom. The number of hydrogen-bond donors (Lipinski definition) is 4. The number of likely N-dealkylation sites (tertiary alicyclic amines) is 1. The Balaban J connectivity index is 0.00000167. The minimum atomic E-state index is -0.202. The summed E-state index contributed by atoms with van der Waals surface area (Å²) in [7, 11) is 0. The molecule has 4 rings (SSSR count). The van der Waals surface area contributed by atoms with Crippen LogP contribution in [0.15, 0.2) is 41.3 Å². The Morgan fingerprint density at radius 1 is 1.00 bits per heavy atom. The summed E-state index contributed by atoms with van der Waals surface area (Å²) < 4.78 is 1.70. The van der Waals surface area contributed by atoms with Crippen LogP contribution < -0.4 is 27.4 Å². The molecule has 0 bridgehead atoms. The maximum Gasteiger partial charge on any atom is 0.349 e. The van der Waals surface area contributed by atoms with Crippen LogP contribution in [0.5, 0.6) is 0 Å². The predicted octanol–water partition coefficient (Wildman–Crippen LogP) is 3.06. The lowest BCUT2D eigenvalue weighted by molar-refractivity contribution is 0.208. The van der Waals surface area contributed by atoms with E-state index < -0.39 is 0 Å². The van der Waals surface area contributed by atoms with Crippen LogP contribution >= 0.6 is 0 Å². The van der Waals surface area contributed by atoms with Gasteiger partial charge in [0, 0.05) is 37.1 Å². The van der Waals surface area contributed by atoms with E-state index in [1.54, 1.807) is 4.57 Å². The maximum atomic E-state index is 12.4. The molecule has 1 aromatic heterocycles. The van der Waals surface area contributed by atoms with Crippen LogP contribution in [-0.2, 0) is 13.1 Å². The first-order valence-electron chi connectivity index (χ1n) is 13.5. The monoisotopic (exact) mass is 483 g/mol. The first-order chi connectivity index (χ1) is 17.2. The molecule has 0 aliphatic carbocycles. The van der Waals surface area contributed by atoms with Crippen molar-refractivity contribution in [3.63, 3.8) is 0 Å². The van der Waals surface area contributed by atoms with Gasteiger partial charge in [-0.05, 0) is 95.0 Å². The topological polar surface area (TPSA) is 100 Å². The molecule has 2 fully saturated rings. The van der Waals surface area contributed by atoms with E-state index in [0.717, 1.165) is 70.6 Å². The van der Waals surface area contributed by atoms with Crippen molar-refractivity contribution < 1.29 is 0 Å². The Morgan fingerprint density at radius 3 is 2.37 bits per heavy atom. The lowest BCUT2D eigenvalue weighted by Gasteiger charge is -2.29. The van der Waals surface area contributed by atoms with Crippen LogP contribution in [-0.4, -0.2) is 59.3 Å². The van der Waals surface area contributed by atoms with Crippen molar-refractivity contribution in [2.45, 2.75) is 77.5 Å². The number of piperidine rings is 2. The summed E-state index contributed by atoms with van der Waals surface area (Å²) >= 11 is 0. The number of nitrogens with zero attached hydrogens (tertiary/aromatic N) is 3. The van der Waals surface area contributed by atoms with Gasteiger partial charge in [-0.2, -0.15) is 4.98 Å². The zero-order chi connectivity index (χ0) is 24.9. The normalized spacial score (nSPS) is 17.6. The van der Waals surface area contributed by atoms with Crippen molar-refractivity contribution in [3.8, 4) is 0 Å². The Labute approximate surface area is 210 Å². The molecule has 8 heteroatoms. The molecule has 3 heterocycles. The van der Waals surface area contributed by atoms with Crippen LogP contribution in [0, 0.1) is 0 Å². The molecule has 8 nitrogen and oxygen atoms in total. The second kappa shape index (κ2) is 15.0. The van der Waals surface area contributed by atoms with Crippen molar-refractivity contribution in [3.05, 3.63) is 52.6 Å². The van der Waals surface area contributed by atoms with Crippen molar-refractivity contribution in [2.24, 2.45) is 5.73 Å². The van der Waals surface area contributed by atoms with Crippen LogP contribution in [0.1, 0.15) is 57.9 Å². The van der Waals surface area contributed by atoms with E-state index in [9.17, 15) is 4.79 Å². The minimum Gasteiger partial charge on any atom is -0.340 e. The lowest BCUT2D eigenvalue weighted by atomic mass is 10.1. The molecular formula is C27H45N7O. The second-order valence-electron chi connectivity index (χ2n) is 9.40. The average molecular weight is 484 g/mol. The number of nitrogens with one attached hydrogen (secondary N) is 3. The van der Waals surface area contributed by atoms with Crippen LogP contribution in [0.4, 0.5) is 11.5 Å². The number of unbranched alkanes of at least 4 members (excludes halogenated alkanes) is 1. The van der Waals surface area contributed by atoms with Gasteiger partial charge in [0.2, 0.25) is 0 Å². The molecular weight excluding hydrogens is 438 g/mol. The third kappa shape index (κ3) is 9.37. The van der Waals surface area contributed by atoms with Gasteiger partial charge >= 0.3 is 5.69 Å². The molecule has 2 aromatic rings. The van der Waals surface area contributed by atoms with E-state index in [0.29, 0.717) is 24.4 Å². The molecule has 5 N–H and O–H groups in total. The van der Waals surface area contributed by atoms with E-state index in [1.165, 1.54) is 18.4 Å². The van der Waals surface area contributed by atoms with Crippen molar-refractivity contribution in [1.29, 1.82) is 0 Å². The quantitative estimate of drug-likeness (QED) is 0.385. The number of nitrogens with two attached hydrogens (primary N) is 1. The van der Waals surface area contributed by atoms with Crippen molar-refractivity contribution in [1.82, 2.24) is 25.1 Å². The largest absolute Gasteiger partial charge is 0.349 e. The zero-order valence-electron chi connectivity index (χ0n) is 21.6. The highest BCUT2D eigenvalue weighted by Crippen LogP contribution is 2.15. The fourth-order valence-corrected chi connectivity index (χ4v) is 4.60. The molecule has 0 unspecified atom stereocenters. The summed E-state index contributed by atoms with van der Waals surface area (Å²) in [5.41, 5.74) is 7.96. The minimum absolute atomic E-state index is 0.202. The van der Waals surface area contributed by atoms with Crippen LogP contribution in [0.25, 0.3) is 0 Å². The molecule has 0 radical (unpaired) electrons. The summed E-state index contributed by atoms with van der Waals surface area (Å²) in [5, 5.41) is 10.3. The van der Waals surface area contributed by atoms with Gasteiger partial charge in [0.25, 0.3) is 0 Å². The highest BCUT2D eigenvalue weighted by atomic mass is 16.1. The number of aromatic nitrogens is 2. The zero-order valence-corrected chi connectivity index (χ0v) is 21.6. The molecule has 194 valence electrons. The van der Waals surface area contributed by atoms with E-state index in [4.69, 9.17) is 5.73 Å². The Bertz CT molecular complexity index is 900. The first-order valence-corrected chi connectivity index (χ1v) is 13.5. The predicted molar refractivity (Wildman–Crippen MR) is 145 cm³/mol. The van der Waals surface area contributed by atoms with Gasteiger partial charge in [-0.25, -0.2) is 4.79 Å². The summed E-state index contributed by atoms with van der Waals surface area (Å²) in [5.74, 6) is 0.585. The average Bonchev–Trinajstić information content (AvgIpc) is 2.90. The van der Waals surface area contributed by atoms with Crippen molar-refractivity contribution >= 4 is 11.5 Å². The lowest BCUT2D eigenvalue weighted by Crippen LogP contribution is -2.40. The number of benzene rings is 1. The molecule has 2 aliphatic rings. The van der Waals surface area contributed by atoms with Crippen LogP contribution in [0.3, 0.4) is 0 Å². The second-order valence-corrected chi connectivity index (χ2v) is 9.40. The number of hydrogen-bond acceptors (Lipinski definition) is 7. The molecule has 2 saturated heterocycles. The van der Waals surface area contributed by atoms with E-state index in [-0.39, 0.29) is 5.69 Å². The molecule has 0 saturated carbocycles. The summed E-state index contributed by atoms with van der Waals surface area (Å²) in [6.45, 7) is 11.1. The van der Waals surface area contributed by atoms with E-state index in [2.05, 4.69) is 38.0 Å². The highest BCUT2D eigenvalue weighted by molar-refractivity contribution is 5.55. The number of rotatable bonds is 10. The van der Waals surface area contributed by atoms with E-state index >= 15 is 0 Å². The molecule has 35 heavy (non-hydrogen) atoms. The molecule has 2 aliphatic heterocycles. The number of aryl methyl sites for hydroxylation is 1. The third-order valence-corrected chi connectivity index (χ3v) is 6.79. The Hall–Kier alpha value is -2.26. The maximum absolute atomic E-state index is 12.4. The molecule has 0 amide bonds. The van der Waals surface area contributed by atoms with E-state index in [1.807, 2.05) is 38.2 Å². The van der Waals surface area contributed by atoms with Gasteiger partial charge in [-0.3, -0.25) is 4.57 Å². The third-order valence-electron chi connectivity index (χ3n) is 6.79. The summed E-state index contributed by atoms with van der Waals surface area (Å²) in [4.78, 5) is 19.1. The standard InChI is InChI=1S/C25H39N7O.C2H6/c26-21-9-16-31(17-10-21)14-1-2-15-32-18-11-24(30-25(32)33)29-23-5-3-20(4-6-23)19-28-22-7-12-27-13-8-22;1-2/h3-6,11,18,21-22,27-28H,1-2,7-10,12-17,19,26H2,(H,29,30,33);1-2H3. The summed E-state index contributed by atoms with van der Waals surface area (Å²) in [6, 6.07) is 11.2. The highest BCUT2D eigenvalue weighted by Gasteiger charge is 2.15. The van der Waals surface area contributed by atoms with Gasteiger partial charge in [0.15, 0.2) is 0 Å². The molecule has 0 spiro atoms. The number of anilines is 2. The SMILES string of the molecule is CC.NC1CCN(CCCCn2ccc(Nc3ccc(CNC4CCNCC4)cc3)nc2=O)CC1. The first kappa shape index (κ1) is 27.3. The Kier molecular flexibility index (Phi) is 11.7. The van der Waals surface area contributed by atoms with Crippen molar-refractivity contribution in [2.75, 3.05) is 38.0 Å². The smallest absolute Gasteiger partial charge is 0.340 e. The fraction of sp³-hybridized carbons (Fsp3) is 0.630. The van der Waals surface area contributed by atoms with Gasteiger partial charge in [-0.1, -0.05) is 26.0 Å². The molecule has 1 aromatic carbocycles. The van der Waals surface area contributed by atoms with Gasteiger partial charge in [0.1, 0.15) is 5.82 Å². The van der Waals surface area contributed by atoms with Gasteiger partial charge in [0.05, 0.1) is 0 Å². The summed E-state index contributed by atoms with van der Waals surface area (Å²) in [6.07, 6.45) is 8.46. The van der Waals surface area contributed by atoms with Crippen LogP contribution in [0.2, 0.25) is 0 Å². The van der Waals surface area contributed by atoms with Gasteiger partial charge in [-0.15, -0.1) is 0 Å². The molecule has 0 atom stereocenters. The van der Waals surface area contributed by atoms with Gasteiger partial charge < -0.3 is 26.6 Å².